The molecule has 82 valence electrons. The van der Waals surface area contributed by atoms with Crippen LogP contribution in [0.2, 0.25) is 0 Å². The van der Waals surface area contributed by atoms with Crippen LogP contribution in [0.25, 0.3) is 0 Å². The summed E-state index contributed by atoms with van der Waals surface area (Å²) in [5.41, 5.74) is 0. The van der Waals surface area contributed by atoms with Crippen molar-refractivity contribution in [3.8, 4) is 0 Å². The minimum atomic E-state index is -1.37. The van der Waals surface area contributed by atoms with Crippen molar-refractivity contribution in [2.45, 2.75) is 19.8 Å². The lowest BCUT2D eigenvalue weighted by Crippen LogP contribution is -2.48. The summed E-state index contributed by atoms with van der Waals surface area (Å²) < 4.78 is 0. The SMILES string of the molecule is CC(=O)CC1C(=O)CCN(C(=O)O)C1=O. The van der Waals surface area contributed by atoms with Gasteiger partial charge in [-0.1, -0.05) is 0 Å². The first-order valence-corrected chi connectivity index (χ1v) is 4.50. The first-order chi connectivity index (χ1) is 6.93. The molecule has 1 saturated heterocycles. The molecule has 6 heteroatoms. The molecule has 6 nitrogen and oxygen atoms in total. The van der Waals surface area contributed by atoms with Crippen LogP contribution in [0.3, 0.4) is 0 Å². The summed E-state index contributed by atoms with van der Waals surface area (Å²) in [6, 6.07) is 0. The normalized spacial score (nSPS) is 21.7. The number of carboxylic acid groups (broad SMARTS) is 1. The average molecular weight is 213 g/mol. The van der Waals surface area contributed by atoms with Gasteiger partial charge < -0.3 is 5.11 Å². The van der Waals surface area contributed by atoms with Crippen LogP contribution in [0.1, 0.15) is 19.8 Å². The number of hydrogen-bond donors (Lipinski definition) is 1. The maximum atomic E-state index is 11.5. The Balaban J connectivity index is 2.83. The van der Waals surface area contributed by atoms with E-state index in [-0.39, 0.29) is 31.0 Å². The van der Waals surface area contributed by atoms with Crippen molar-refractivity contribution in [2.24, 2.45) is 5.92 Å². The third kappa shape index (κ3) is 2.39. The van der Waals surface area contributed by atoms with Gasteiger partial charge >= 0.3 is 6.09 Å². The molecule has 2 amide bonds. The van der Waals surface area contributed by atoms with Gasteiger partial charge in [-0.2, -0.15) is 0 Å². The van der Waals surface area contributed by atoms with Crippen molar-refractivity contribution >= 4 is 23.6 Å². The molecule has 0 aromatic heterocycles. The highest BCUT2D eigenvalue weighted by Crippen LogP contribution is 2.18. The van der Waals surface area contributed by atoms with Gasteiger partial charge in [-0.3, -0.25) is 14.4 Å². The molecule has 1 rings (SSSR count). The van der Waals surface area contributed by atoms with E-state index in [0.29, 0.717) is 4.90 Å². The summed E-state index contributed by atoms with van der Waals surface area (Å²) in [6.07, 6.45) is -1.58. The molecule has 0 bridgehead atoms. The Bertz CT molecular complexity index is 335. The number of piperidine rings is 1. The maximum Gasteiger partial charge on any atom is 0.414 e. The van der Waals surface area contributed by atoms with Crippen molar-refractivity contribution in [3.05, 3.63) is 0 Å². The maximum absolute atomic E-state index is 11.5. The van der Waals surface area contributed by atoms with E-state index in [1.165, 1.54) is 6.92 Å². The summed E-state index contributed by atoms with van der Waals surface area (Å²) >= 11 is 0. The quantitative estimate of drug-likeness (QED) is 0.655. The minimum Gasteiger partial charge on any atom is -0.465 e. The number of imide groups is 1. The van der Waals surface area contributed by atoms with E-state index in [9.17, 15) is 19.2 Å². The average Bonchev–Trinajstić information content (AvgIpc) is 2.11. The topological polar surface area (TPSA) is 91.8 Å². The lowest BCUT2D eigenvalue weighted by molar-refractivity contribution is -0.145. The number of rotatable bonds is 2. The molecule has 0 radical (unpaired) electrons. The molecule has 0 aromatic rings. The van der Waals surface area contributed by atoms with Crippen molar-refractivity contribution in [3.63, 3.8) is 0 Å². The van der Waals surface area contributed by atoms with Gasteiger partial charge in [-0.05, 0) is 6.92 Å². The van der Waals surface area contributed by atoms with Gasteiger partial charge in [-0.25, -0.2) is 9.69 Å². The predicted octanol–water partition coefficient (Wildman–Crippen LogP) is 0.0611. The van der Waals surface area contributed by atoms with E-state index in [1.54, 1.807) is 0 Å². The van der Waals surface area contributed by atoms with Gasteiger partial charge in [-0.15, -0.1) is 0 Å². The summed E-state index contributed by atoms with van der Waals surface area (Å²) in [7, 11) is 0. The summed E-state index contributed by atoms with van der Waals surface area (Å²) in [4.78, 5) is 44.8. The number of hydrogen-bond acceptors (Lipinski definition) is 4. The van der Waals surface area contributed by atoms with Crippen LogP contribution in [-0.2, 0) is 14.4 Å². The number of ketones is 2. The lowest BCUT2D eigenvalue weighted by atomic mass is 9.91. The molecule has 0 aliphatic carbocycles. The van der Waals surface area contributed by atoms with E-state index in [4.69, 9.17) is 5.11 Å². The number of carbonyl (C=O) groups is 4. The standard InChI is InChI=1S/C9H11NO5/c1-5(11)4-6-7(12)2-3-10(8(6)13)9(14)15/h6H,2-4H2,1H3,(H,14,15). The van der Waals surface area contributed by atoms with Crippen molar-refractivity contribution < 1.29 is 24.3 Å². The third-order valence-electron chi connectivity index (χ3n) is 2.26. The molecule has 0 aromatic carbocycles. The van der Waals surface area contributed by atoms with Gasteiger partial charge in [0.2, 0.25) is 5.91 Å². The Labute approximate surface area is 85.9 Å². The van der Waals surface area contributed by atoms with E-state index < -0.39 is 17.9 Å². The molecular formula is C9H11NO5. The fourth-order valence-corrected chi connectivity index (χ4v) is 1.51. The Kier molecular flexibility index (Phi) is 3.18. The minimum absolute atomic E-state index is 0.00398. The fourth-order valence-electron chi connectivity index (χ4n) is 1.51. The van der Waals surface area contributed by atoms with E-state index >= 15 is 0 Å². The van der Waals surface area contributed by atoms with Gasteiger partial charge in [0, 0.05) is 19.4 Å². The van der Waals surface area contributed by atoms with Gasteiger partial charge in [0.15, 0.2) is 0 Å². The molecule has 1 unspecified atom stereocenters. The van der Waals surface area contributed by atoms with Crippen LogP contribution in [0.5, 0.6) is 0 Å². The molecule has 1 aliphatic heterocycles. The molecule has 0 saturated carbocycles. The van der Waals surface area contributed by atoms with E-state index in [0.717, 1.165) is 0 Å². The third-order valence-corrected chi connectivity index (χ3v) is 2.26. The van der Waals surface area contributed by atoms with Gasteiger partial charge in [0.05, 0.1) is 0 Å². The number of carbonyl (C=O) groups excluding carboxylic acids is 3. The summed E-state index contributed by atoms with van der Waals surface area (Å²) in [5, 5.41) is 8.66. The second-order valence-corrected chi connectivity index (χ2v) is 3.45. The molecule has 1 fully saturated rings. The Morgan fingerprint density at radius 2 is 2.07 bits per heavy atom. The monoisotopic (exact) mass is 213 g/mol. The van der Waals surface area contributed by atoms with Crippen LogP contribution < -0.4 is 0 Å². The first kappa shape index (κ1) is 11.4. The van der Waals surface area contributed by atoms with Crippen LogP contribution in [0.15, 0.2) is 0 Å². The van der Waals surface area contributed by atoms with Crippen molar-refractivity contribution in [1.82, 2.24) is 4.90 Å². The molecule has 15 heavy (non-hydrogen) atoms. The van der Waals surface area contributed by atoms with Crippen LogP contribution >= 0.6 is 0 Å². The zero-order chi connectivity index (χ0) is 11.6. The molecule has 0 spiro atoms. The summed E-state index contributed by atoms with van der Waals surface area (Å²) in [6.45, 7) is 1.15. The number of nitrogens with zero attached hydrogens (tertiary/aromatic N) is 1. The first-order valence-electron chi connectivity index (χ1n) is 4.50. The summed E-state index contributed by atoms with van der Waals surface area (Å²) in [5.74, 6) is -2.54. The lowest BCUT2D eigenvalue weighted by Gasteiger charge is -2.26. The Morgan fingerprint density at radius 3 is 2.53 bits per heavy atom. The van der Waals surface area contributed by atoms with E-state index in [2.05, 4.69) is 0 Å². The Hall–Kier alpha value is -1.72. The van der Waals surface area contributed by atoms with Crippen LogP contribution in [0.4, 0.5) is 4.79 Å². The number of Topliss-reactive ketones (excluding diaryl/α,β-unsaturated/α-hetero) is 2. The van der Waals surface area contributed by atoms with Gasteiger partial charge in [0.1, 0.15) is 17.5 Å². The van der Waals surface area contributed by atoms with Crippen LogP contribution in [0, 0.1) is 5.92 Å². The molecule has 1 aliphatic rings. The molecule has 1 atom stereocenters. The largest absolute Gasteiger partial charge is 0.465 e. The highest BCUT2D eigenvalue weighted by Gasteiger charge is 2.38. The molecule has 1 N–H and O–H groups in total. The number of likely N-dealkylation sites (tertiary alicyclic amines) is 1. The highest BCUT2D eigenvalue weighted by molar-refractivity contribution is 6.10. The fraction of sp³-hybridized carbons (Fsp3) is 0.556. The van der Waals surface area contributed by atoms with Crippen molar-refractivity contribution in [1.29, 1.82) is 0 Å². The van der Waals surface area contributed by atoms with Crippen molar-refractivity contribution in [2.75, 3.05) is 6.54 Å². The zero-order valence-electron chi connectivity index (χ0n) is 8.23. The highest BCUT2D eigenvalue weighted by atomic mass is 16.4. The number of amides is 2. The van der Waals surface area contributed by atoms with Crippen LogP contribution in [-0.4, -0.2) is 40.1 Å². The molecular weight excluding hydrogens is 202 g/mol. The van der Waals surface area contributed by atoms with Gasteiger partial charge in [0.25, 0.3) is 0 Å². The predicted molar refractivity (Wildman–Crippen MR) is 48.1 cm³/mol. The second kappa shape index (κ2) is 4.20. The zero-order valence-corrected chi connectivity index (χ0v) is 8.23. The smallest absolute Gasteiger partial charge is 0.414 e. The second-order valence-electron chi connectivity index (χ2n) is 3.45. The molecule has 1 heterocycles. The Morgan fingerprint density at radius 1 is 1.47 bits per heavy atom. The van der Waals surface area contributed by atoms with E-state index in [1.807, 2.05) is 0 Å².